The maximum atomic E-state index is 10.9. The molecule has 0 radical (unpaired) electrons. The lowest BCUT2D eigenvalue weighted by atomic mass is 9.78. The van der Waals surface area contributed by atoms with Crippen molar-refractivity contribution in [3.05, 3.63) is 64.7 Å². The third kappa shape index (κ3) is 7.62. The molecule has 0 bridgehead atoms. The molecule has 2 aromatic rings. The molecule has 0 spiro atoms. The summed E-state index contributed by atoms with van der Waals surface area (Å²) in [7, 11) is 0. The number of thiocarbonyl (C=S) groups is 1. The standard InChI is InChI=1S/C27H39NO2S/c1-26(2,3)22-18-21(19-23(25(22)29)27(4,5)6)14-10-11-15-24(31)28(30)17-16-20-12-8-7-9-13-20/h7-9,12-13,18-19,29-30H,10-11,14-17H2,1-6H3. The van der Waals surface area contributed by atoms with Gasteiger partial charge in [0, 0.05) is 13.0 Å². The Balaban J connectivity index is 1.92. The number of aromatic hydroxyl groups is 1. The van der Waals surface area contributed by atoms with Crippen LogP contribution < -0.4 is 0 Å². The van der Waals surface area contributed by atoms with Crippen LogP contribution in [-0.2, 0) is 23.7 Å². The number of phenols is 1. The summed E-state index contributed by atoms with van der Waals surface area (Å²) in [6.45, 7) is 13.4. The molecule has 0 fully saturated rings. The third-order valence-corrected chi connectivity index (χ3v) is 6.05. The summed E-state index contributed by atoms with van der Waals surface area (Å²) in [5, 5.41) is 22.3. The average molecular weight is 442 g/mol. The molecule has 0 aliphatic rings. The predicted octanol–water partition coefficient (Wildman–Crippen LogP) is 6.96. The van der Waals surface area contributed by atoms with Gasteiger partial charge < -0.3 is 5.11 Å². The van der Waals surface area contributed by atoms with Gasteiger partial charge in [-0.25, -0.2) is 0 Å². The van der Waals surface area contributed by atoms with Gasteiger partial charge in [0.15, 0.2) is 0 Å². The van der Waals surface area contributed by atoms with Crippen molar-refractivity contribution in [1.29, 1.82) is 0 Å². The van der Waals surface area contributed by atoms with Crippen molar-refractivity contribution in [2.45, 2.75) is 84.5 Å². The van der Waals surface area contributed by atoms with Crippen molar-refractivity contribution in [2.24, 2.45) is 0 Å². The molecule has 0 aliphatic carbocycles. The Bertz CT molecular complexity index is 828. The normalized spacial score (nSPS) is 12.1. The van der Waals surface area contributed by atoms with E-state index in [-0.39, 0.29) is 10.8 Å². The minimum atomic E-state index is -0.113. The zero-order chi connectivity index (χ0) is 23.2. The van der Waals surface area contributed by atoms with Crippen molar-refractivity contribution in [3.63, 3.8) is 0 Å². The molecule has 0 saturated heterocycles. The number of hydrogen-bond acceptors (Lipinski definition) is 3. The average Bonchev–Trinajstić information content (AvgIpc) is 2.69. The molecule has 2 rings (SSSR count). The summed E-state index contributed by atoms with van der Waals surface area (Å²) < 4.78 is 0. The number of unbranched alkanes of at least 4 members (excludes halogenated alkanes) is 1. The Morgan fingerprint density at radius 2 is 1.39 bits per heavy atom. The van der Waals surface area contributed by atoms with Crippen LogP contribution in [-0.4, -0.2) is 26.9 Å². The summed E-state index contributed by atoms with van der Waals surface area (Å²) in [5.74, 6) is 0.430. The van der Waals surface area contributed by atoms with Crippen LogP contribution in [0, 0.1) is 0 Å². The Morgan fingerprint density at radius 1 is 0.839 bits per heavy atom. The quantitative estimate of drug-likeness (QED) is 0.264. The van der Waals surface area contributed by atoms with Crippen molar-refractivity contribution in [2.75, 3.05) is 6.54 Å². The van der Waals surface area contributed by atoms with E-state index in [1.807, 2.05) is 18.2 Å². The maximum absolute atomic E-state index is 10.9. The van der Waals surface area contributed by atoms with E-state index in [0.717, 1.165) is 36.8 Å². The lowest BCUT2D eigenvalue weighted by molar-refractivity contribution is -0.0127. The zero-order valence-electron chi connectivity index (χ0n) is 20.0. The molecule has 0 heterocycles. The van der Waals surface area contributed by atoms with Gasteiger partial charge in [-0.05, 0) is 58.8 Å². The second kappa shape index (κ2) is 10.6. The van der Waals surface area contributed by atoms with Gasteiger partial charge in [0.05, 0.1) is 0 Å². The van der Waals surface area contributed by atoms with Crippen LogP contribution >= 0.6 is 12.2 Å². The van der Waals surface area contributed by atoms with Crippen LogP contribution in [0.15, 0.2) is 42.5 Å². The van der Waals surface area contributed by atoms with E-state index in [1.165, 1.54) is 16.2 Å². The topological polar surface area (TPSA) is 43.7 Å². The third-order valence-electron chi connectivity index (χ3n) is 5.63. The van der Waals surface area contributed by atoms with E-state index >= 15 is 0 Å². The summed E-state index contributed by atoms with van der Waals surface area (Å²) in [5.41, 5.74) is 4.24. The smallest absolute Gasteiger partial charge is 0.123 e. The van der Waals surface area contributed by atoms with Gasteiger partial charge in [0.2, 0.25) is 0 Å². The van der Waals surface area contributed by atoms with E-state index < -0.39 is 0 Å². The SMILES string of the molecule is CC(C)(C)c1cc(CCCCC(=S)N(O)CCc2ccccc2)cc(C(C)(C)C)c1O. The lowest BCUT2D eigenvalue weighted by Gasteiger charge is -2.28. The van der Waals surface area contributed by atoms with Crippen LogP contribution in [0.1, 0.15) is 83.1 Å². The summed E-state index contributed by atoms with van der Waals surface area (Å²) in [6.07, 6.45) is 4.33. The van der Waals surface area contributed by atoms with E-state index in [0.29, 0.717) is 23.7 Å². The van der Waals surface area contributed by atoms with Gasteiger partial charge in [-0.1, -0.05) is 96.2 Å². The van der Waals surface area contributed by atoms with Crippen molar-refractivity contribution in [1.82, 2.24) is 5.06 Å². The van der Waals surface area contributed by atoms with E-state index in [4.69, 9.17) is 12.2 Å². The zero-order valence-corrected chi connectivity index (χ0v) is 20.9. The number of hydroxylamine groups is 2. The van der Waals surface area contributed by atoms with E-state index in [9.17, 15) is 10.3 Å². The molecule has 170 valence electrons. The van der Waals surface area contributed by atoms with Gasteiger partial charge in [-0.15, -0.1) is 0 Å². The first-order valence-electron chi connectivity index (χ1n) is 11.3. The Hall–Kier alpha value is -1.91. The molecular formula is C27H39NO2S. The Morgan fingerprint density at radius 3 is 1.90 bits per heavy atom. The monoisotopic (exact) mass is 441 g/mol. The number of nitrogens with zero attached hydrogens (tertiary/aromatic N) is 1. The first-order valence-corrected chi connectivity index (χ1v) is 11.7. The van der Waals surface area contributed by atoms with Gasteiger partial charge >= 0.3 is 0 Å². The lowest BCUT2D eigenvalue weighted by Crippen LogP contribution is -2.27. The van der Waals surface area contributed by atoms with Crippen LogP contribution in [0.4, 0.5) is 0 Å². The molecule has 0 amide bonds. The summed E-state index contributed by atoms with van der Waals surface area (Å²) >= 11 is 5.42. The molecule has 4 heteroatoms. The molecule has 0 aromatic heterocycles. The number of rotatable bonds is 8. The van der Waals surface area contributed by atoms with E-state index in [1.54, 1.807) is 0 Å². The van der Waals surface area contributed by atoms with Gasteiger partial charge in [-0.2, -0.15) is 0 Å². The Labute approximate surface area is 194 Å². The first kappa shape index (κ1) is 25.4. The molecule has 0 saturated carbocycles. The molecule has 3 nitrogen and oxygen atoms in total. The molecule has 2 N–H and O–H groups in total. The minimum Gasteiger partial charge on any atom is -0.507 e. The fourth-order valence-electron chi connectivity index (χ4n) is 3.72. The van der Waals surface area contributed by atoms with Crippen LogP contribution in [0.25, 0.3) is 0 Å². The maximum Gasteiger partial charge on any atom is 0.123 e. The van der Waals surface area contributed by atoms with Crippen LogP contribution in [0.3, 0.4) is 0 Å². The van der Waals surface area contributed by atoms with Crippen molar-refractivity contribution in [3.8, 4) is 5.75 Å². The molecule has 0 aliphatic heterocycles. The van der Waals surface area contributed by atoms with Gasteiger partial charge in [0.25, 0.3) is 0 Å². The van der Waals surface area contributed by atoms with E-state index in [2.05, 4.69) is 65.8 Å². The van der Waals surface area contributed by atoms with Gasteiger partial charge in [0.1, 0.15) is 10.7 Å². The Kier molecular flexibility index (Phi) is 8.67. The molecule has 0 atom stereocenters. The molecule has 0 unspecified atom stereocenters. The van der Waals surface area contributed by atoms with Gasteiger partial charge in [-0.3, -0.25) is 10.3 Å². The number of benzene rings is 2. The fraction of sp³-hybridized carbons (Fsp3) is 0.519. The first-order chi connectivity index (χ1) is 14.4. The number of phenolic OH excluding ortho intramolecular Hbond substituents is 1. The molecule has 31 heavy (non-hydrogen) atoms. The molecular weight excluding hydrogens is 402 g/mol. The minimum absolute atomic E-state index is 0.113. The second-order valence-corrected chi connectivity index (χ2v) is 11.0. The largest absolute Gasteiger partial charge is 0.507 e. The summed E-state index contributed by atoms with van der Waals surface area (Å²) in [4.78, 5) is 0.604. The fourth-order valence-corrected chi connectivity index (χ4v) is 3.96. The summed E-state index contributed by atoms with van der Waals surface area (Å²) in [6, 6.07) is 14.4. The van der Waals surface area contributed by atoms with Crippen molar-refractivity contribution >= 4 is 17.2 Å². The van der Waals surface area contributed by atoms with Crippen LogP contribution in [0.5, 0.6) is 5.75 Å². The van der Waals surface area contributed by atoms with Crippen molar-refractivity contribution < 1.29 is 10.3 Å². The highest BCUT2D eigenvalue weighted by molar-refractivity contribution is 7.80. The predicted molar refractivity (Wildman–Crippen MR) is 134 cm³/mol. The highest BCUT2D eigenvalue weighted by atomic mass is 32.1. The highest BCUT2D eigenvalue weighted by Crippen LogP contribution is 2.40. The molecule has 2 aromatic carbocycles. The number of aryl methyl sites for hydroxylation is 1. The highest BCUT2D eigenvalue weighted by Gasteiger charge is 2.26. The number of hydrogen-bond donors (Lipinski definition) is 2. The van der Waals surface area contributed by atoms with Crippen LogP contribution in [0.2, 0.25) is 0 Å². The second-order valence-electron chi connectivity index (χ2n) is 10.5.